The first-order valence-corrected chi connectivity index (χ1v) is 10.1. The van der Waals surface area contributed by atoms with Crippen molar-refractivity contribution in [1.82, 2.24) is 19.9 Å². The molecular weight excluding hydrogens is 420 g/mol. The molecule has 1 fully saturated rings. The highest BCUT2D eigenvalue weighted by molar-refractivity contribution is 9.10. The summed E-state index contributed by atoms with van der Waals surface area (Å²) in [7, 11) is 0. The van der Waals surface area contributed by atoms with Crippen LogP contribution in [0, 0.1) is 0 Å². The molecule has 0 N–H and O–H groups in total. The van der Waals surface area contributed by atoms with Crippen molar-refractivity contribution in [3.05, 3.63) is 70.5 Å². The van der Waals surface area contributed by atoms with Crippen molar-refractivity contribution in [2.75, 3.05) is 26.2 Å². The van der Waals surface area contributed by atoms with Crippen LogP contribution in [0.1, 0.15) is 29.2 Å². The van der Waals surface area contributed by atoms with Gasteiger partial charge in [0.1, 0.15) is 0 Å². The number of carbonyl (C=O) groups is 1. The van der Waals surface area contributed by atoms with Crippen molar-refractivity contribution >= 4 is 21.8 Å². The first-order valence-electron chi connectivity index (χ1n) is 9.30. The summed E-state index contributed by atoms with van der Waals surface area (Å²) in [5, 5.41) is 4.11. The Morgan fingerprint density at radius 3 is 2.43 bits per heavy atom. The Morgan fingerprint density at radius 1 is 1.04 bits per heavy atom. The highest BCUT2D eigenvalue weighted by Gasteiger charge is 2.28. The lowest BCUT2D eigenvalue weighted by Gasteiger charge is -2.36. The number of amides is 1. The van der Waals surface area contributed by atoms with Crippen molar-refractivity contribution in [1.29, 1.82) is 0 Å². The molecule has 1 aliphatic rings. The Hall–Kier alpha value is -2.51. The molecule has 144 valence electrons. The van der Waals surface area contributed by atoms with E-state index in [0.29, 0.717) is 30.4 Å². The summed E-state index contributed by atoms with van der Waals surface area (Å²) in [5.74, 6) is 1.26. The summed E-state index contributed by atoms with van der Waals surface area (Å²) in [4.78, 5) is 21.5. The van der Waals surface area contributed by atoms with Gasteiger partial charge in [-0.15, -0.1) is 0 Å². The van der Waals surface area contributed by atoms with Gasteiger partial charge in [0.2, 0.25) is 11.7 Å². The summed E-state index contributed by atoms with van der Waals surface area (Å²) in [6.45, 7) is 4.93. The topological polar surface area (TPSA) is 62.5 Å². The Kier molecular flexibility index (Phi) is 5.54. The van der Waals surface area contributed by atoms with Gasteiger partial charge in [-0.2, -0.15) is 4.98 Å². The molecule has 0 radical (unpaired) electrons. The summed E-state index contributed by atoms with van der Waals surface area (Å²) >= 11 is 3.47. The van der Waals surface area contributed by atoms with E-state index in [1.165, 1.54) is 0 Å². The molecule has 0 bridgehead atoms. The zero-order valence-corrected chi connectivity index (χ0v) is 17.2. The van der Waals surface area contributed by atoms with E-state index in [9.17, 15) is 4.79 Å². The molecule has 1 atom stereocenters. The third-order valence-electron chi connectivity index (χ3n) is 5.08. The van der Waals surface area contributed by atoms with Crippen LogP contribution < -0.4 is 0 Å². The number of piperazine rings is 1. The number of hydrogen-bond acceptors (Lipinski definition) is 5. The van der Waals surface area contributed by atoms with Crippen molar-refractivity contribution < 1.29 is 9.32 Å². The van der Waals surface area contributed by atoms with Crippen LogP contribution in [0.3, 0.4) is 0 Å². The van der Waals surface area contributed by atoms with E-state index < -0.39 is 0 Å². The molecule has 1 saturated heterocycles. The summed E-state index contributed by atoms with van der Waals surface area (Å²) in [5.41, 5.74) is 1.64. The average Bonchev–Trinajstić information content (AvgIpc) is 3.24. The van der Waals surface area contributed by atoms with Gasteiger partial charge in [-0.1, -0.05) is 47.6 Å². The Bertz CT molecular complexity index is 952. The van der Waals surface area contributed by atoms with Crippen LogP contribution in [-0.4, -0.2) is 52.0 Å². The predicted molar refractivity (Wildman–Crippen MR) is 110 cm³/mol. The van der Waals surface area contributed by atoms with E-state index in [4.69, 9.17) is 4.52 Å². The van der Waals surface area contributed by atoms with E-state index in [1.807, 2.05) is 59.5 Å². The summed E-state index contributed by atoms with van der Waals surface area (Å²) < 4.78 is 6.33. The van der Waals surface area contributed by atoms with Gasteiger partial charge in [-0.3, -0.25) is 9.69 Å². The maximum Gasteiger partial charge on any atom is 0.255 e. The number of benzene rings is 2. The Morgan fingerprint density at radius 2 is 1.71 bits per heavy atom. The van der Waals surface area contributed by atoms with Crippen molar-refractivity contribution in [2.45, 2.75) is 13.0 Å². The fourth-order valence-electron chi connectivity index (χ4n) is 3.38. The van der Waals surface area contributed by atoms with Crippen LogP contribution in [0.4, 0.5) is 0 Å². The van der Waals surface area contributed by atoms with Crippen LogP contribution in [0.25, 0.3) is 11.4 Å². The second-order valence-corrected chi connectivity index (χ2v) is 7.66. The van der Waals surface area contributed by atoms with Crippen LogP contribution in [0.15, 0.2) is 63.6 Å². The highest BCUT2D eigenvalue weighted by Crippen LogP contribution is 2.24. The van der Waals surface area contributed by atoms with E-state index in [-0.39, 0.29) is 11.9 Å². The summed E-state index contributed by atoms with van der Waals surface area (Å²) in [6, 6.07) is 17.3. The molecule has 4 rings (SSSR count). The molecule has 0 spiro atoms. The lowest BCUT2D eigenvalue weighted by atomic mass is 10.1. The molecule has 1 aromatic heterocycles. The number of hydrogen-bond donors (Lipinski definition) is 0. The van der Waals surface area contributed by atoms with Gasteiger partial charge in [0.05, 0.1) is 11.6 Å². The van der Waals surface area contributed by atoms with E-state index in [0.717, 1.165) is 23.1 Å². The van der Waals surface area contributed by atoms with Crippen molar-refractivity contribution in [2.24, 2.45) is 0 Å². The minimum Gasteiger partial charge on any atom is -0.337 e. The fourth-order valence-corrected chi connectivity index (χ4v) is 3.84. The zero-order valence-electron chi connectivity index (χ0n) is 15.6. The molecule has 2 aromatic carbocycles. The lowest BCUT2D eigenvalue weighted by Crippen LogP contribution is -2.49. The van der Waals surface area contributed by atoms with Crippen molar-refractivity contribution in [3.8, 4) is 11.4 Å². The minimum absolute atomic E-state index is 0.00526. The molecule has 6 nitrogen and oxygen atoms in total. The smallest absolute Gasteiger partial charge is 0.255 e. The van der Waals surface area contributed by atoms with Gasteiger partial charge in [0, 0.05) is 36.2 Å². The lowest BCUT2D eigenvalue weighted by molar-refractivity contribution is 0.0551. The zero-order chi connectivity index (χ0) is 19.5. The second-order valence-electron chi connectivity index (χ2n) is 6.81. The first kappa shape index (κ1) is 18.8. The molecule has 28 heavy (non-hydrogen) atoms. The van der Waals surface area contributed by atoms with Crippen LogP contribution in [0.5, 0.6) is 0 Å². The highest BCUT2D eigenvalue weighted by atomic mass is 79.9. The van der Waals surface area contributed by atoms with Gasteiger partial charge in [-0.25, -0.2) is 0 Å². The monoisotopic (exact) mass is 440 g/mol. The molecule has 2 heterocycles. The number of aromatic nitrogens is 2. The minimum atomic E-state index is 0.00526. The van der Waals surface area contributed by atoms with E-state index in [2.05, 4.69) is 37.9 Å². The van der Waals surface area contributed by atoms with Gasteiger partial charge < -0.3 is 9.42 Å². The Labute approximate surface area is 172 Å². The molecule has 3 aromatic rings. The van der Waals surface area contributed by atoms with Crippen LogP contribution in [0.2, 0.25) is 0 Å². The molecule has 1 amide bonds. The number of halogens is 1. The first-order chi connectivity index (χ1) is 13.6. The molecule has 1 unspecified atom stereocenters. The third-order valence-corrected chi connectivity index (χ3v) is 5.78. The number of rotatable bonds is 4. The molecule has 7 heteroatoms. The van der Waals surface area contributed by atoms with Gasteiger partial charge in [-0.05, 0) is 35.0 Å². The fraction of sp³-hybridized carbons (Fsp3) is 0.286. The van der Waals surface area contributed by atoms with E-state index >= 15 is 0 Å². The SMILES string of the molecule is CC(c1nc(-c2ccccc2)no1)N1CCN(C(=O)c2ccccc2Br)CC1. The molecule has 0 aliphatic carbocycles. The molecule has 0 saturated carbocycles. The van der Waals surface area contributed by atoms with Crippen LogP contribution in [-0.2, 0) is 0 Å². The van der Waals surface area contributed by atoms with Crippen LogP contribution >= 0.6 is 15.9 Å². The van der Waals surface area contributed by atoms with Crippen molar-refractivity contribution in [3.63, 3.8) is 0 Å². The quantitative estimate of drug-likeness (QED) is 0.612. The Balaban J connectivity index is 1.39. The molecule has 1 aliphatic heterocycles. The molecular formula is C21H21BrN4O2. The van der Waals surface area contributed by atoms with E-state index in [1.54, 1.807) is 0 Å². The third kappa shape index (κ3) is 3.86. The van der Waals surface area contributed by atoms with Gasteiger partial charge in [0.15, 0.2) is 0 Å². The standard InChI is InChI=1S/C21H21BrN4O2/c1-15(20-23-19(24-28-20)16-7-3-2-4-8-16)25-11-13-26(14-12-25)21(27)17-9-5-6-10-18(17)22/h2-10,15H,11-14H2,1H3. The maximum atomic E-state index is 12.8. The second kappa shape index (κ2) is 8.24. The predicted octanol–water partition coefficient (Wildman–Crippen LogP) is 4.02. The number of carbonyl (C=O) groups excluding carboxylic acids is 1. The van der Waals surface area contributed by atoms with Gasteiger partial charge >= 0.3 is 0 Å². The number of nitrogens with zero attached hydrogens (tertiary/aromatic N) is 4. The maximum absolute atomic E-state index is 12.8. The van der Waals surface area contributed by atoms with Gasteiger partial charge in [0.25, 0.3) is 5.91 Å². The summed E-state index contributed by atoms with van der Waals surface area (Å²) in [6.07, 6.45) is 0. The normalized spacial score (nSPS) is 16.1. The largest absolute Gasteiger partial charge is 0.337 e. The average molecular weight is 441 g/mol.